The van der Waals surface area contributed by atoms with Crippen LogP contribution in [0, 0.1) is 0 Å². The van der Waals surface area contributed by atoms with Gasteiger partial charge in [-0.2, -0.15) is 0 Å². The molecule has 2 aromatic carbocycles. The second kappa shape index (κ2) is 10.4. The zero-order valence-electron chi connectivity index (χ0n) is 24.2. The number of benzene rings is 2. The number of carbonyl (C=O) groups excluding carboxylic acids is 1. The van der Waals surface area contributed by atoms with Crippen molar-refractivity contribution in [1.82, 2.24) is 4.90 Å². The van der Waals surface area contributed by atoms with Crippen molar-refractivity contribution in [3.8, 4) is 27.7 Å². The molecule has 1 aliphatic heterocycles. The maximum atomic E-state index is 13.5. The molecule has 0 atom stereocenters. The van der Waals surface area contributed by atoms with Crippen molar-refractivity contribution in [3.05, 3.63) is 58.5 Å². The van der Waals surface area contributed by atoms with E-state index in [0.29, 0.717) is 13.1 Å². The maximum absolute atomic E-state index is 13.5. The molecule has 0 unspecified atom stereocenters. The minimum atomic E-state index is 0.0903. The van der Waals surface area contributed by atoms with Gasteiger partial charge in [-0.15, -0.1) is 11.3 Å². The Morgan fingerprint density at radius 2 is 1.36 bits per heavy atom. The third-order valence-electron chi connectivity index (χ3n) is 8.52. The van der Waals surface area contributed by atoms with E-state index in [2.05, 4.69) is 50.8 Å². The van der Waals surface area contributed by atoms with E-state index in [1.54, 1.807) is 32.7 Å². The van der Waals surface area contributed by atoms with Gasteiger partial charge in [0.1, 0.15) is 17.2 Å². The van der Waals surface area contributed by atoms with Crippen molar-refractivity contribution >= 4 is 22.9 Å². The number of rotatable bonds is 6. The molecule has 2 aliphatic rings. The Hall–Kier alpha value is -3.19. The Morgan fingerprint density at radius 3 is 1.92 bits per heavy atom. The van der Waals surface area contributed by atoms with Crippen LogP contribution in [0.3, 0.4) is 0 Å². The van der Waals surface area contributed by atoms with Crippen LogP contribution in [0.4, 0.5) is 5.69 Å². The van der Waals surface area contributed by atoms with Crippen molar-refractivity contribution in [1.29, 1.82) is 0 Å². The molecule has 5 rings (SSSR count). The number of piperazine rings is 1. The standard InChI is InChI=1S/C32H40N2O4S/c1-31(2)10-11-32(3,4)26-20-27(38-7)24(19-25(26)31)28-8-9-29(39-28)30(35)34-14-12-33(13-15-34)21-16-22(36-5)18-23(17-21)37-6/h8-9,16-20H,10-15H2,1-7H3. The lowest BCUT2D eigenvalue weighted by molar-refractivity contribution is 0.0751. The number of methoxy groups -OCH3 is 3. The van der Waals surface area contributed by atoms with Crippen molar-refractivity contribution < 1.29 is 19.0 Å². The summed E-state index contributed by atoms with van der Waals surface area (Å²) >= 11 is 1.56. The van der Waals surface area contributed by atoms with Crippen molar-refractivity contribution in [2.24, 2.45) is 0 Å². The van der Waals surface area contributed by atoms with E-state index in [1.807, 2.05) is 29.2 Å². The normalized spacial score (nSPS) is 17.9. The summed E-state index contributed by atoms with van der Waals surface area (Å²) in [6.45, 7) is 12.2. The fraction of sp³-hybridized carbons (Fsp3) is 0.469. The number of carbonyl (C=O) groups is 1. The van der Waals surface area contributed by atoms with Crippen LogP contribution < -0.4 is 19.1 Å². The average Bonchev–Trinajstić information content (AvgIpc) is 3.44. The topological polar surface area (TPSA) is 51.2 Å². The van der Waals surface area contributed by atoms with E-state index in [4.69, 9.17) is 14.2 Å². The molecule has 0 saturated carbocycles. The first kappa shape index (κ1) is 27.4. The number of nitrogens with zero attached hydrogens (tertiary/aromatic N) is 2. The van der Waals surface area contributed by atoms with E-state index in [-0.39, 0.29) is 16.7 Å². The van der Waals surface area contributed by atoms with Gasteiger partial charge in [0, 0.05) is 60.5 Å². The first-order chi connectivity index (χ1) is 18.6. The fourth-order valence-corrected chi connectivity index (χ4v) is 6.85. The second-order valence-electron chi connectivity index (χ2n) is 11.9. The third-order valence-corrected chi connectivity index (χ3v) is 9.63. The zero-order valence-corrected chi connectivity index (χ0v) is 25.0. The summed E-state index contributed by atoms with van der Waals surface area (Å²) in [5.41, 5.74) is 5.10. The summed E-state index contributed by atoms with van der Waals surface area (Å²) in [5, 5.41) is 0. The smallest absolute Gasteiger partial charge is 0.264 e. The molecular formula is C32H40N2O4S. The lowest BCUT2D eigenvalue weighted by Gasteiger charge is -2.42. The van der Waals surface area contributed by atoms with E-state index >= 15 is 0 Å². The molecule has 3 aromatic rings. The highest BCUT2D eigenvalue weighted by atomic mass is 32.1. The van der Waals surface area contributed by atoms with Crippen molar-refractivity contribution in [2.45, 2.75) is 51.4 Å². The van der Waals surface area contributed by atoms with Crippen LogP contribution in [-0.4, -0.2) is 58.3 Å². The Labute approximate surface area is 236 Å². The Bertz CT molecular complexity index is 1350. The minimum Gasteiger partial charge on any atom is -0.497 e. The van der Waals surface area contributed by atoms with Gasteiger partial charge in [0.2, 0.25) is 0 Å². The highest BCUT2D eigenvalue weighted by Gasteiger charge is 2.38. The Balaban J connectivity index is 1.35. The molecule has 39 heavy (non-hydrogen) atoms. The lowest BCUT2D eigenvalue weighted by atomic mass is 9.63. The van der Waals surface area contributed by atoms with Gasteiger partial charge in [-0.3, -0.25) is 4.79 Å². The highest BCUT2D eigenvalue weighted by Crippen LogP contribution is 2.50. The largest absolute Gasteiger partial charge is 0.497 e. The molecule has 0 radical (unpaired) electrons. The van der Waals surface area contributed by atoms with Gasteiger partial charge in [-0.25, -0.2) is 0 Å². The van der Waals surface area contributed by atoms with E-state index < -0.39 is 0 Å². The molecule has 7 heteroatoms. The molecule has 1 amide bonds. The molecular weight excluding hydrogens is 508 g/mol. The van der Waals surface area contributed by atoms with Crippen molar-refractivity contribution in [3.63, 3.8) is 0 Å². The second-order valence-corrected chi connectivity index (χ2v) is 13.0. The van der Waals surface area contributed by atoms with E-state index in [1.165, 1.54) is 11.1 Å². The van der Waals surface area contributed by atoms with Crippen LogP contribution in [0.5, 0.6) is 17.2 Å². The first-order valence-electron chi connectivity index (χ1n) is 13.7. The third kappa shape index (κ3) is 5.21. The predicted octanol–water partition coefficient (Wildman–Crippen LogP) is 6.75. The molecule has 1 aliphatic carbocycles. The molecule has 0 spiro atoms. The zero-order chi connectivity index (χ0) is 27.9. The number of ether oxygens (including phenoxy) is 3. The van der Waals surface area contributed by atoms with Gasteiger partial charge in [-0.05, 0) is 59.1 Å². The van der Waals surface area contributed by atoms with Gasteiger partial charge in [0.15, 0.2) is 0 Å². The first-order valence-corrected chi connectivity index (χ1v) is 14.5. The van der Waals surface area contributed by atoms with Gasteiger partial charge >= 0.3 is 0 Å². The van der Waals surface area contributed by atoms with Crippen LogP contribution in [0.1, 0.15) is 61.3 Å². The van der Waals surface area contributed by atoms with E-state index in [9.17, 15) is 4.79 Å². The summed E-state index contributed by atoms with van der Waals surface area (Å²) in [4.78, 5) is 19.6. The molecule has 1 aromatic heterocycles. The van der Waals surface area contributed by atoms with Gasteiger partial charge in [0.05, 0.1) is 26.2 Å². The summed E-state index contributed by atoms with van der Waals surface area (Å²) in [6, 6.07) is 14.5. The lowest BCUT2D eigenvalue weighted by Crippen LogP contribution is -2.48. The number of fused-ring (bicyclic) bond motifs is 1. The van der Waals surface area contributed by atoms with Crippen LogP contribution >= 0.6 is 11.3 Å². The van der Waals surface area contributed by atoms with Gasteiger partial charge in [-0.1, -0.05) is 27.7 Å². The van der Waals surface area contributed by atoms with Gasteiger partial charge in [0.25, 0.3) is 5.91 Å². The summed E-state index contributed by atoms with van der Waals surface area (Å²) in [7, 11) is 5.06. The minimum absolute atomic E-state index is 0.0903. The molecule has 6 nitrogen and oxygen atoms in total. The summed E-state index contributed by atoms with van der Waals surface area (Å²) in [6.07, 6.45) is 2.31. The molecule has 0 bridgehead atoms. The Morgan fingerprint density at radius 1 is 0.769 bits per heavy atom. The number of hydrogen-bond acceptors (Lipinski definition) is 6. The highest BCUT2D eigenvalue weighted by molar-refractivity contribution is 7.17. The fourth-order valence-electron chi connectivity index (χ4n) is 5.85. The molecule has 2 heterocycles. The van der Waals surface area contributed by atoms with Gasteiger partial charge < -0.3 is 24.0 Å². The molecule has 1 saturated heterocycles. The predicted molar refractivity (Wildman–Crippen MR) is 159 cm³/mol. The summed E-state index contributed by atoms with van der Waals surface area (Å²) in [5.74, 6) is 2.49. The maximum Gasteiger partial charge on any atom is 0.264 e. The number of amides is 1. The van der Waals surface area contributed by atoms with Crippen LogP contribution in [0.15, 0.2) is 42.5 Å². The SMILES string of the molecule is COc1cc(OC)cc(N2CCN(C(=O)c3ccc(-c4cc5c(cc4OC)C(C)(C)CCC5(C)C)s3)CC2)c1. The van der Waals surface area contributed by atoms with Crippen molar-refractivity contribution in [2.75, 3.05) is 52.4 Å². The number of anilines is 1. The van der Waals surface area contributed by atoms with E-state index in [0.717, 1.165) is 64.2 Å². The number of hydrogen-bond donors (Lipinski definition) is 0. The van der Waals surface area contributed by atoms with Crippen LogP contribution in [0.2, 0.25) is 0 Å². The average molecular weight is 549 g/mol. The van der Waals surface area contributed by atoms with Crippen LogP contribution in [0.25, 0.3) is 10.4 Å². The van der Waals surface area contributed by atoms with Crippen LogP contribution in [-0.2, 0) is 10.8 Å². The monoisotopic (exact) mass is 548 g/mol. The Kier molecular flexibility index (Phi) is 7.31. The molecule has 208 valence electrons. The quantitative estimate of drug-likeness (QED) is 0.341. The number of thiophene rings is 1. The molecule has 0 N–H and O–H groups in total. The molecule has 1 fully saturated rings. The summed E-state index contributed by atoms with van der Waals surface area (Å²) < 4.78 is 16.8.